The van der Waals surface area contributed by atoms with E-state index in [0.29, 0.717) is 17.0 Å². The van der Waals surface area contributed by atoms with Crippen LogP contribution in [0.5, 0.6) is 0 Å². The van der Waals surface area contributed by atoms with Crippen molar-refractivity contribution < 1.29 is 26.9 Å². The predicted octanol–water partition coefficient (Wildman–Crippen LogP) is 4.06. The fraction of sp³-hybridized carbons (Fsp3) is 0.389. The summed E-state index contributed by atoms with van der Waals surface area (Å²) in [5.41, 5.74) is -0.510. The molecule has 1 aliphatic heterocycles. The molecular weight excluding hydrogens is 346 g/mol. The highest BCUT2D eigenvalue weighted by Crippen LogP contribution is 2.36. The maximum atomic E-state index is 13.3. The molecule has 1 fully saturated rings. The Kier molecular flexibility index (Phi) is 4.52. The number of furan rings is 1. The van der Waals surface area contributed by atoms with E-state index in [0.717, 1.165) is 12.1 Å². The maximum Gasteiger partial charge on any atom is 0.498 e. The van der Waals surface area contributed by atoms with Crippen LogP contribution in [-0.2, 0) is 9.31 Å². The highest BCUT2D eigenvalue weighted by atomic mass is 19.2. The van der Waals surface area contributed by atoms with E-state index in [2.05, 4.69) is 4.99 Å². The second-order valence-electron chi connectivity index (χ2n) is 7.25. The molecule has 0 spiro atoms. The summed E-state index contributed by atoms with van der Waals surface area (Å²) in [7, 11) is -0.666. The van der Waals surface area contributed by atoms with Gasteiger partial charge in [0.15, 0.2) is 17.5 Å². The second-order valence-corrected chi connectivity index (χ2v) is 7.25. The number of hydrogen-bond donors (Lipinski definition) is 0. The quantitative estimate of drug-likeness (QED) is 0.468. The third kappa shape index (κ3) is 3.31. The van der Waals surface area contributed by atoms with Crippen LogP contribution in [0.1, 0.15) is 39.2 Å². The average Bonchev–Trinajstić information content (AvgIpc) is 2.99. The molecule has 0 amide bonds. The average molecular weight is 365 g/mol. The third-order valence-corrected chi connectivity index (χ3v) is 4.72. The molecule has 8 heteroatoms. The maximum absolute atomic E-state index is 13.3. The molecule has 0 saturated carbocycles. The molecule has 0 radical (unpaired) electrons. The molecule has 0 bridgehead atoms. The molecular formula is C18H19BF3NO3. The molecule has 0 N–H and O–H groups in total. The topological polar surface area (TPSA) is 44.0 Å². The van der Waals surface area contributed by atoms with Crippen molar-refractivity contribution in [3.05, 3.63) is 47.2 Å². The molecule has 3 rings (SSSR count). The molecule has 138 valence electrons. The summed E-state index contributed by atoms with van der Waals surface area (Å²) >= 11 is 0. The molecule has 4 nitrogen and oxygen atoms in total. The lowest BCUT2D eigenvalue weighted by atomic mass is 9.79. The molecule has 0 unspecified atom stereocenters. The SMILES string of the molecule is Cc1cc(B2OC(C)(C)C(C)(C)O2)c(C=Nc2cc(F)c(F)c(F)c2)o1. The first-order valence-corrected chi connectivity index (χ1v) is 8.15. The molecule has 0 aliphatic carbocycles. The minimum atomic E-state index is -1.53. The first-order chi connectivity index (χ1) is 12.0. The van der Waals surface area contributed by atoms with E-state index in [1.165, 1.54) is 6.21 Å². The van der Waals surface area contributed by atoms with Crippen molar-refractivity contribution in [1.29, 1.82) is 0 Å². The molecule has 1 aliphatic rings. The number of benzene rings is 1. The van der Waals surface area contributed by atoms with Crippen LogP contribution < -0.4 is 5.46 Å². The van der Waals surface area contributed by atoms with Gasteiger partial charge in [-0.25, -0.2) is 13.2 Å². The van der Waals surface area contributed by atoms with Gasteiger partial charge in [-0.1, -0.05) is 0 Å². The lowest BCUT2D eigenvalue weighted by Crippen LogP contribution is -2.41. The standard InChI is InChI=1S/C18H19BF3NO3/c1-10-6-12(19-25-17(2,3)18(4,5)26-19)15(24-10)9-23-11-7-13(20)16(22)14(21)8-11/h6-9H,1-5H3. The Balaban J connectivity index is 1.91. The zero-order valence-electron chi connectivity index (χ0n) is 15.2. The predicted molar refractivity (Wildman–Crippen MR) is 92.7 cm³/mol. The highest BCUT2D eigenvalue weighted by molar-refractivity contribution is 6.63. The van der Waals surface area contributed by atoms with Crippen molar-refractivity contribution in [3.8, 4) is 0 Å². The van der Waals surface area contributed by atoms with Gasteiger partial charge in [0.25, 0.3) is 0 Å². The van der Waals surface area contributed by atoms with Gasteiger partial charge in [-0.3, -0.25) is 4.99 Å². The van der Waals surface area contributed by atoms with Gasteiger partial charge in [-0.15, -0.1) is 0 Å². The Morgan fingerprint density at radius 1 is 0.962 bits per heavy atom. The van der Waals surface area contributed by atoms with E-state index < -0.39 is 35.8 Å². The zero-order chi connectivity index (χ0) is 19.3. The number of rotatable bonds is 3. The van der Waals surface area contributed by atoms with Crippen LogP contribution in [-0.4, -0.2) is 24.5 Å². The largest absolute Gasteiger partial charge is 0.498 e. The molecule has 0 atom stereocenters. The normalized spacial score (nSPS) is 18.8. The van der Waals surface area contributed by atoms with Gasteiger partial charge in [-0.2, -0.15) is 0 Å². The summed E-state index contributed by atoms with van der Waals surface area (Å²) < 4.78 is 57.3. The fourth-order valence-corrected chi connectivity index (χ4v) is 2.56. The molecule has 1 aromatic heterocycles. The van der Waals surface area contributed by atoms with Crippen LogP contribution in [0.2, 0.25) is 0 Å². The van der Waals surface area contributed by atoms with E-state index in [1.54, 1.807) is 13.0 Å². The number of halogens is 3. The summed E-state index contributed by atoms with van der Waals surface area (Å²) in [6.07, 6.45) is 1.31. The number of aliphatic imine (C=N–C) groups is 1. The van der Waals surface area contributed by atoms with E-state index in [-0.39, 0.29) is 5.69 Å². The molecule has 1 aromatic carbocycles. The van der Waals surface area contributed by atoms with Gasteiger partial charge in [0.2, 0.25) is 0 Å². The fourth-order valence-electron chi connectivity index (χ4n) is 2.56. The summed E-state index contributed by atoms with van der Waals surface area (Å²) in [5, 5.41) is 0. The van der Waals surface area contributed by atoms with Crippen molar-refractivity contribution >= 4 is 24.5 Å². The van der Waals surface area contributed by atoms with Crippen LogP contribution in [0.4, 0.5) is 18.9 Å². The van der Waals surface area contributed by atoms with E-state index in [1.807, 2.05) is 27.7 Å². The van der Waals surface area contributed by atoms with Crippen LogP contribution >= 0.6 is 0 Å². The van der Waals surface area contributed by atoms with E-state index >= 15 is 0 Å². The van der Waals surface area contributed by atoms with Gasteiger partial charge in [0, 0.05) is 17.6 Å². The highest BCUT2D eigenvalue weighted by Gasteiger charge is 2.52. The van der Waals surface area contributed by atoms with Crippen LogP contribution in [0.15, 0.2) is 27.6 Å². The second kappa shape index (κ2) is 6.28. The van der Waals surface area contributed by atoms with Crippen molar-refractivity contribution in [2.45, 2.75) is 45.8 Å². The zero-order valence-corrected chi connectivity index (χ0v) is 15.2. The molecule has 26 heavy (non-hydrogen) atoms. The minimum absolute atomic E-state index is 0.0738. The van der Waals surface area contributed by atoms with Crippen molar-refractivity contribution in [2.24, 2.45) is 4.99 Å². The van der Waals surface area contributed by atoms with E-state index in [9.17, 15) is 13.2 Å². The summed E-state index contributed by atoms with van der Waals surface area (Å²) in [5.74, 6) is -3.20. The smallest absolute Gasteiger partial charge is 0.461 e. The Morgan fingerprint density at radius 3 is 2.04 bits per heavy atom. The summed E-state index contributed by atoms with van der Waals surface area (Å²) in [4.78, 5) is 3.98. The van der Waals surface area contributed by atoms with Crippen molar-refractivity contribution in [3.63, 3.8) is 0 Å². The Hall–Kier alpha value is -2.06. The minimum Gasteiger partial charge on any atom is -0.461 e. The van der Waals surface area contributed by atoms with Gasteiger partial charge in [-0.05, 0) is 40.7 Å². The van der Waals surface area contributed by atoms with Gasteiger partial charge in [0.05, 0.1) is 23.1 Å². The lowest BCUT2D eigenvalue weighted by Gasteiger charge is -2.32. The Morgan fingerprint density at radius 2 is 1.50 bits per heavy atom. The van der Waals surface area contributed by atoms with Crippen molar-refractivity contribution in [1.82, 2.24) is 0 Å². The summed E-state index contributed by atoms with van der Waals surface area (Å²) in [6, 6.07) is 3.37. The third-order valence-electron chi connectivity index (χ3n) is 4.72. The monoisotopic (exact) mass is 365 g/mol. The Bertz CT molecular complexity index is 838. The number of aryl methyl sites for hydroxylation is 1. The van der Waals surface area contributed by atoms with E-state index in [4.69, 9.17) is 13.7 Å². The molecule has 2 heterocycles. The van der Waals surface area contributed by atoms with Gasteiger partial charge >= 0.3 is 7.12 Å². The van der Waals surface area contributed by atoms with Crippen LogP contribution in [0, 0.1) is 24.4 Å². The number of nitrogens with zero attached hydrogens (tertiary/aromatic N) is 1. The number of hydrogen-bond acceptors (Lipinski definition) is 4. The first-order valence-electron chi connectivity index (χ1n) is 8.15. The Labute approximate surface area is 150 Å². The first kappa shape index (κ1) is 18.7. The van der Waals surface area contributed by atoms with Crippen molar-refractivity contribution in [2.75, 3.05) is 0 Å². The van der Waals surface area contributed by atoms with Gasteiger partial charge in [0.1, 0.15) is 11.5 Å². The summed E-state index contributed by atoms with van der Waals surface area (Å²) in [6.45, 7) is 9.47. The van der Waals surface area contributed by atoms with Crippen LogP contribution in [0.25, 0.3) is 0 Å². The molecule has 2 aromatic rings. The molecule has 1 saturated heterocycles. The van der Waals surface area contributed by atoms with Crippen LogP contribution in [0.3, 0.4) is 0 Å². The lowest BCUT2D eigenvalue weighted by molar-refractivity contribution is 0.00578. The van der Waals surface area contributed by atoms with Gasteiger partial charge < -0.3 is 13.7 Å².